The third-order valence-electron chi connectivity index (χ3n) is 4.33. The molecule has 0 aliphatic rings. The minimum Gasteiger partial charge on any atom is -0.465 e. The van der Waals surface area contributed by atoms with Crippen LogP contribution in [0.3, 0.4) is 0 Å². The average Bonchev–Trinajstić information content (AvgIpc) is 3.03. The molecule has 2 heterocycles. The SMILES string of the molecule is CC(C)(C)C(Cc1nc(-c2cccnc2F)c(Sc2ccccc2)s1)NC(=O)O. The second-order valence-corrected chi connectivity index (χ2v) is 10.00. The summed E-state index contributed by atoms with van der Waals surface area (Å²) in [5, 5.41) is 12.5. The molecule has 0 saturated heterocycles. The highest BCUT2D eigenvalue weighted by Crippen LogP contribution is 2.41. The van der Waals surface area contributed by atoms with Crippen LogP contribution in [0.4, 0.5) is 9.18 Å². The van der Waals surface area contributed by atoms with Crippen molar-refractivity contribution < 1.29 is 14.3 Å². The van der Waals surface area contributed by atoms with Gasteiger partial charge in [0.15, 0.2) is 0 Å². The van der Waals surface area contributed by atoms with Gasteiger partial charge in [0.2, 0.25) is 5.95 Å². The number of hydrogen-bond donors (Lipinski definition) is 2. The summed E-state index contributed by atoms with van der Waals surface area (Å²) in [7, 11) is 0. The van der Waals surface area contributed by atoms with Crippen molar-refractivity contribution in [2.75, 3.05) is 0 Å². The molecule has 1 atom stereocenters. The number of halogens is 1. The van der Waals surface area contributed by atoms with Gasteiger partial charge in [-0.25, -0.2) is 14.8 Å². The van der Waals surface area contributed by atoms with Crippen LogP contribution < -0.4 is 5.32 Å². The van der Waals surface area contributed by atoms with Crippen LogP contribution in [0.15, 0.2) is 57.8 Å². The molecule has 0 bridgehead atoms. The smallest absolute Gasteiger partial charge is 0.404 e. The molecule has 1 aromatic carbocycles. The van der Waals surface area contributed by atoms with Crippen molar-refractivity contribution in [1.29, 1.82) is 0 Å². The van der Waals surface area contributed by atoms with E-state index in [0.717, 1.165) is 14.1 Å². The van der Waals surface area contributed by atoms with E-state index < -0.39 is 12.0 Å². The first-order valence-electron chi connectivity index (χ1n) is 9.07. The summed E-state index contributed by atoms with van der Waals surface area (Å²) < 4.78 is 15.2. The Kier molecular flexibility index (Phi) is 6.54. The molecule has 8 heteroatoms. The first-order chi connectivity index (χ1) is 13.7. The van der Waals surface area contributed by atoms with Crippen molar-refractivity contribution in [2.45, 2.75) is 42.3 Å². The van der Waals surface area contributed by atoms with E-state index in [-0.39, 0.29) is 11.5 Å². The van der Waals surface area contributed by atoms with Crippen molar-refractivity contribution in [3.05, 3.63) is 59.6 Å². The molecule has 0 spiro atoms. The highest BCUT2D eigenvalue weighted by Gasteiger charge is 2.28. The van der Waals surface area contributed by atoms with Gasteiger partial charge in [0.1, 0.15) is 5.69 Å². The predicted molar refractivity (Wildman–Crippen MR) is 114 cm³/mol. The van der Waals surface area contributed by atoms with Crippen LogP contribution in [0.25, 0.3) is 11.3 Å². The topological polar surface area (TPSA) is 75.1 Å². The fraction of sp³-hybridized carbons (Fsp3) is 0.286. The maximum Gasteiger partial charge on any atom is 0.404 e. The molecular weight excluding hydrogens is 409 g/mol. The zero-order chi connectivity index (χ0) is 21.0. The lowest BCUT2D eigenvalue weighted by Crippen LogP contribution is -2.44. The van der Waals surface area contributed by atoms with Crippen LogP contribution in [0.2, 0.25) is 0 Å². The Morgan fingerprint density at radius 3 is 2.59 bits per heavy atom. The van der Waals surface area contributed by atoms with E-state index in [1.807, 2.05) is 51.1 Å². The number of amides is 1. The Balaban J connectivity index is 1.99. The van der Waals surface area contributed by atoms with Gasteiger partial charge in [-0.1, -0.05) is 50.7 Å². The Labute approximate surface area is 177 Å². The Morgan fingerprint density at radius 2 is 1.97 bits per heavy atom. The minimum atomic E-state index is -1.07. The van der Waals surface area contributed by atoms with Gasteiger partial charge in [0.25, 0.3) is 0 Å². The van der Waals surface area contributed by atoms with Crippen molar-refractivity contribution >= 4 is 29.2 Å². The van der Waals surface area contributed by atoms with Crippen LogP contribution in [-0.2, 0) is 6.42 Å². The first-order valence-corrected chi connectivity index (χ1v) is 10.7. The van der Waals surface area contributed by atoms with Gasteiger partial charge in [-0.3, -0.25) is 0 Å². The van der Waals surface area contributed by atoms with E-state index in [9.17, 15) is 14.3 Å². The van der Waals surface area contributed by atoms with Crippen molar-refractivity contribution in [1.82, 2.24) is 15.3 Å². The van der Waals surface area contributed by atoms with Gasteiger partial charge < -0.3 is 10.4 Å². The van der Waals surface area contributed by atoms with Crippen LogP contribution in [-0.4, -0.2) is 27.2 Å². The average molecular weight is 432 g/mol. The third-order valence-corrected chi connectivity index (χ3v) is 6.59. The molecule has 0 aliphatic carbocycles. The number of aromatic nitrogens is 2. The van der Waals surface area contributed by atoms with E-state index >= 15 is 0 Å². The summed E-state index contributed by atoms with van der Waals surface area (Å²) in [6.45, 7) is 5.92. The summed E-state index contributed by atoms with van der Waals surface area (Å²) in [4.78, 5) is 20.7. The molecule has 3 rings (SSSR count). The van der Waals surface area contributed by atoms with Gasteiger partial charge in [0, 0.05) is 23.6 Å². The number of carboxylic acid groups (broad SMARTS) is 1. The van der Waals surface area contributed by atoms with Crippen LogP contribution in [0, 0.1) is 11.4 Å². The third kappa shape index (κ3) is 5.55. The molecule has 0 fully saturated rings. The Morgan fingerprint density at radius 1 is 1.24 bits per heavy atom. The van der Waals surface area contributed by atoms with Crippen LogP contribution >= 0.6 is 23.1 Å². The number of thiazole rings is 1. The maximum absolute atomic E-state index is 14.4. The fourth-order valence-electron chi connectivity index (χ4n) is 2.73. The fourth-order valence-corrected chi connectivity index (χ4v) is 5.09. The maximum atomic E-state index is 14.4. The second kappa shape index (κ2) is 8.92. The zero-order valence-corrected chi connectivity index (χ0v) is 18.0. The quantitative estimate of drug-likeness (QED) is 0.488. The van der Waals surface area contributed by atoms with Crippen LogP contribution in [0.5, 0.6) is 0 Å². The molecule has 0 aliphatic heterocycles. The van der Waals surface area contributed by atoms with Gasteiger partial charge in [-0.2, -0.15) is 4.39 Å². The molecular formula is C21H22FN3O2S2. The highest BCUT2D eigenvalue weighted by atomic mass is 32.2. The standard InChI is InChI=1S/C21H22FN3O2S2/c1-21(2,3)15(24-20(26)27)12-16-25-17(14-10-7-11-23-18(14)22)19(29-16)28-13-8-5-4-6-9-13/h4-11,15,24H,12H2,1-3H3,(H,26,27). The van der Waals surface area contributed by atoms with E-state index in [1.54, 1.807) is 12.1 Å². The summed E-state index contributed by atoms with van der Waals surface area (Å²) in [6.07, 6.45) is 0.756. The predicted octanol–water partition coefficient (Wildman–Crippen LogP) is 5.72. The molecule has 152 valence electrons. The number of benzene rings is 1. The first kappa shape index (κ1) is 21.3. The van der Waals surface area contributed by atoms with Gasteiger partial charge in [0.05, 0.1) is 14.8 Å². The highest BCUT2D eigenvalue weighted by molar-refractivity contribution is 8.01. The summed E-state index contributed by atoms with van der Waals surface area (Å²) in [5.74, 6) is -0.574. The van der Waals surface area contributed by atoms with Crippen molar-refractivity contribution in [2.24, 2.45) is 5.41 Å². The Bertz CT molecular complexity index is 987. The van der Waals surface area contributed by atoms with Gasteiger partial charge >= 0.3 is 6.09 Å². The molecule has 2 aromatic heterocycles. The second-order valence-electron chi connectivity index (χ2n) is 7.57. The summed E-state index contributed by atoms with van der Waals surface area (Å²) in [6, 6.07) is 12.8. The van der Waals surface area contributed by atoms with Crippen LogP contribution in [0.1, 0.15) is 25.8 Å². The van der Waals surface area contributed by atoms with E-state index in [1.165, 1.54) is 29.3 Å². The lowest BCUT2D eigenvalue weighted by atomic mass is 9.85. The normalized spacial score (nSPS) is 12.6. The zero-order valence-electron chi connectivity index (χ0n) is 16.3. The number of nitrogens with zero attached hydrogens (tertiary/aromatic N) is 2. The van der Waals surface area contributed by atoms with Gasteiger partial charge in [-0.15, -0.1) is 11.3 Å². The van der Waals surface area contributed by atoms with E-state index in [4.69, 9.17) is 0 Å². The largest absolute Gasteiger partial charge is 0.465 e. The summed E-state index contributed by atoms with van der Waals surface area (Å²) >= 11 is 2.97. The molecule has 1 unspecified atom stereocenters. The molecule has 29 heavy (non-hydrogen) atoms. The molecule has 1 amide bonds. The minimum absolute atomic E-state index is 0.295. The van der Waals surface area contributed by atoms with Gasteiger partial charge in [-0.05, 0) is 29.7 Å². The number of rotatable bonds is 6. The molecule has 2 N–H and O–H groups in total. The Hall–Kier alpha value is -2.45. The summed E-state index contributed by atoms with van der Waals surface area (Å²) in [5.41, 5.74) is 0.579. The number of carbonyl (C=O) groups is 1. The molecule has 0 saturated carbocycles. The van der Waals surface area contributed by atoms with Crippen molar-refractivity contribution in [3.8, 4) is 11.3 Å². The lowest BCUT2D eigenvalue weighted by molar-refractivity contribution is 0.174. The molecule has 3 aromatic rings. The van der Waals surface area contributed by atoms with E-state index in [0.29, 0.717) is 17.7 Å². The van der Waals surface area contributed by atoms with E-state index in [2.05, 4.69) is 15.3 Å². The monoisotopic (exact) mass is 431 g/mol. The number of nitrogens with one attached hydrogen (secondary N) is 1. The number of pyridine rings is 1. The lowest BCUT2D eigenvalue weighted by Gasteiger charge is -2.29. The number of hydrogen-bond acceptors (Lipinski definition) is 5. The molecule has 0 radical (unpaired) electrons. The molecule has 5 nitrogen and oxygen atoms in total. The van der Waals surface area contributed by atoms with Crippen molar-refractivity contribution in [3.63, 3.8) is 0 Å².